The van der Waals surface area contributed by atoms with Crippen LogP contribution in [0, 0.1) is 5.92 Å². The van der Waals surface area contributed by atoms with Crippen LogP contribution >= 0.6 is 11.6 Å². The lowest BCUT2D eigenvalue weighted by molar-refractivity contribution is -0.0980. The minimum atomic E-state index is -4.29. The van der Waals surface area contributed by atoms with Gasteiger partial charge in [-0.1, -0.05) is 25.4 Å². The first-order valence-corrected chi connectivity index (χ1v) is 3.58. The van der Waals surface area contributed by atoms with Gasteiger partial charge < -0.3 is 0 Å². The molecule has 0 unspecified atom stereocenters. The van der Waals surface area contributed by atoms with E-state index in [2.05, 4.69) is 0 Å². The van der Waals surface area contributed by atoms with Gasteiger partial charge in [0, 0.05) is 10.6 Å². The van der Waals surface area contributed by atoms with Gasteiger partial charge in [0.2, 0.25) is 0 Å². The molecule has 0 aliphatic heterocycles. The van der Waals surface area contributed by atoms with Gasteiger partial charge in [0.1, 0.15) is 0 Å². The predicted molar refractivity (Wildman–Crippen MR) is 39.4 cm³/mol. The van der Waals surface area contributed by atoms with E-state index in [-0.39, 0.29) is 5.03 Å². The molecule has 0 saturated heterocycles. The fourth-order valence-corrected chi connectivity index (χ4v) is 1.25. The Morgan fingerprint density at radius 1 is 1.27 bits per heavy atom. The molecule has 0 rings (SSSR count). The van der Waals surface area contributed by atoms with Crippen LogP contribution in [0.2, 0.25) is 0 Å². The molecule has 0 bridgehead atoms. The average Bonchev–Trinajstić information content (AvgIpc) is 1.54. The molecule has 0 spiro atoms. The van der Waals surface area contributed by atoms with Gasteiger partial charge in [-0.3, -0.25) is 0 Å². The largest absolute Gasteiger partial charge is 0.414 e. The van der Waals surface area contributed by atoms with Gasteiger partial charge in [-0.25, -0.2) is 0 Å². The first-order chi connectivity index (χ1) is 4.76. The molecule has 0 aliphatic carbocycles. The molecule has 0 atom stereocenters. The van der Waals surface area contributed by atoms with Crippen molar-refractivity contribution < 1.29 is 13.2 Å². The molecule has 0 aromatic carbocycles. The maximum atomic E-state index is 12.1. The molecule has 0 saturated carbocycles. The highest BCUT2D eigenvalue weighted by Crippen LogP contribution is 2.34. The molecule has 0 aliphatic rings. The van der Waals surface area contributed by atoms with Crippen molar-refractivity contribution in [3.05, 3.63) is 10.6 Å². The molecular weight excluding hydrogens is 177 g/mol. The van der Waals surface area contributed by atoms with Crippen molar-refractivity contribution in [2.75, 3.05) is 0 Å². The summed E-state index contributed by atoms with van der Waals surface area (Å²) in [6, 6.07) is 0. The molecule has 0 heterocycles. The Morgan fingerprint density at radius 3 is 1.64 bits per heavy atom. The lowest BCUT2D eigenvalue weighted by atomic mass is 10.0. The molecule has 4 heteroatoms. The summed E-state index contributed by atoms with van der Waals surface area (Å²) in [5.74, 6) is -0.576. The van der Waals surface area contributed by atoms with Crippen molar-refractivity contribution >= 4 is 11.6 Å². The van der Waals surface area contributed by atoms with Gasteiger partial charge in [-0.05, 0) is 12.8 Å². The Kier molecular flexibility index (Phi) is 3.42. The quantitative estimate of drug-likeness (QED) is 0.586. The van der Waals surface area contributed by atoms with Gasteiger partial charge in [-0.2, -0.15) is 13.2 Å². The van der Waals surface area contributed by atoms with Crippen LogP contribution in [0.5, 0.6) is 0 Å². The Hall–Kier alpha value is -0.180. The van der Waals surface area contributed by atoms with Gasteiger partial charge in [0.05, 0.1) is 0 Å². The number of rotatable bonds is 1. The van der Waals surface area contributed by atoms with Crippen LogP contribution < -0.4 is 0 Å². The minimum absolute atomic E-state index is 0.174. The smallest absolute Gasteiger partial charge is 0.166 e. The predicted octanol–water partition coefficient (Wildman–Crippen LogP) is 3.72. The molecule has 0 amide bonds. The second kappa shape index (κ2) is 3.48. The highest BCUT2D eigenvalue weighted by atomic mass is 35.5. The Balaban J connectivity index is 4.80. The van der Waals surface area contributed by atoms with Gasteiger partial charge in [0.25, 0.3) is 0 Å². The number of hydrogen-bond donors (Lipinski definition) is 0. The summed E-state index contributed by atoms with van der Waals surface area (Å²) in [5, 5.41) is -0.174. The van der Waals surface area contributed by atoms with Crippen LogP contribution in [0.3, 0.4) is 0 Å². The summed E-state index contributed by atoms with van der Waals surface area (Å²) in [7, 11) is 0. The standard InChI is InChI=1S/C7H10ClF3/c1-4(2)6(5(3)8)7(9,10)11/h4H,1-3H3/b6-5-. The van der Waals surface area contributed by atoms with Crippen molar-refractivity contribution in [2.45, 2.75) is 26.9 Å². The third-order valence-electron chi connectivity index (χ3n) is 1.25. The SMILES string of the molecule is C/C(Cl)=C(\C(C)C)C(F)(F)F. The number of allylic oxidation sites excluding steroid dienone is 2. The van der Waals surface area contributed by atoms with E-state index in [9.17, 15) is 13.2 Å². The summed E-state index contributed by atoms with van der Waals surface area (Å²) in [6.45, 7) is 4.19. The zero-order valence-corrected chi connectivity index (χ0v) is 7.35. The lowest BCUT2D eigenvalue weighted by Crippen LogP contribution is -2.17. The maximum absolute atomic E-state index is 12.1. The fourth-order valence-electron chi connectivity index (χ4n) is 0.920. The highest BCUT2D eigenvalue weighted by Gasteiger charge is 2.36. The van der Waals surface area contributed by atoms with E-state index in [0.717, 1.165) is 0 Å². The van der Waals surface area contributed by atoms with Crippen molar-refractivity contribution in [3.8, 4) is 0 Å². The summed E-state index contributed by atoms with van der Waals surface area (Å²) >= 11 is 5.28. The van der Waals surface area contributed by atoms with Crippen molar-refractivity contribution in [2.24, 2.45) is 5.92 Å². The van der Waals surface area contributed by atoms with Crippen LogP contribution in [0.15, 0.2) is 10.6 Å². The second-order valence-corrected chi connectivity index (χ2v) is 3.17. The van der Waals surface area contributed by atoms with Crippen LogP contribution in [0.25, 0.3) is 0 Å². The molecule has 0 aromatic heterocycles. The van der Waals surface area contributed by atoms with Crippen LogP contribution in [0.1, 0.15) is 20.8 Å². The second-order valence-electron chi connectivity index (χ2n) is 2.60. The molecule has 0 fully saturated rings. The van der Waals surface area contributed by atoms with Gasteiger partial charge >= 0.3 is 6.18 Å². The molecule has 0 radical (unpaired) electrons. The number of hydrogen-bond acceptors (Lipinski definition) is 0. The number of halogens is 4. The zero-order valence-electron chi connectivity index (χ0n) is 6.59. The van der Waals surface area contributed by atoms with E-state index in [0.29, 0.717) is 0 Å². The Bertz CT molecular complexity index is 163. The van der Waals surface area contributed by atoms with E-state index in [1.807, 2.05) is 0 Å². The van der Waals surface area contributed by atoms with E-state index >= 15 is 0 Å². The average molecular weight is 187 g/mol. The molecule has 66 valence electrons. The third kappa shape index (κ3) is 3.14. The van der Waals surface area contributed by atoms with Crippen molar-refractivity contribution in [1.82, 2.24) is 0 Å². The molecular formula is C7H10ClF3. The van der Waals surface area contributed by atoms with Crippen molar-refractivity contribution in [1.29, 1.82) is 0 Å². The van der Waals surface area contributed by atoms with Crippen LogP contribution in [-0.4, -0.2) is 6.18 Å². The van der Waals surface area contributed by atoms with E-state index in [1.165, 1.54) is 20.8 Å². The first kappa shape index (κ1) is 10.8. The monoisotopic (exact) mass is 186 g/mol. The molecule has 0 N–H and O–H groups in total. The summed E-state index contributed by atoms with van der Waals surface area (Å²) < 4.78 is 36.2. The molecule has 0 aromatic rings. The molecule has 11 heavy (non-hydrogen) atoms. The third-order valence-corrected chi connectivity index (χ3v) is 1.46. The summed E-state index contributed by atoms with van der Waals surface area (Å²) in [4.78, 5) is 0. The Labute approximate surface area is 69.0 Å². The van der Waals surface area contributed by atoms with Gasteiger partial charge in [-0.15, -0.1) is 0 Å². The first-order valence-electron chi connectivity index (χ1n) is 3.20. The maximum Gasteiger partial charge on any atom is 0.414 e. The fraction of sp³-hybridized carbons (Fsp3) is 0.714. The highest BCUT2D eigenvalue weighted by molar-refractivity contribution is 6.29. The zero-order chi connectivity index (χ0) is 9.23. The van der Waals surface area contributed by atoms with Crippen LogP contribution in [-0.2, 0) is 0 Å². The van der Waals surface area contributed by atoms with Crippen molar-refractivity contribution in [3.63, 3.8) is 0 Å². The van der Waals surface area contributed by atoms with Gasteiger partial charge in [0.15, 0.2) is 0 Å². The molecule has 0 nitrogen and oxygen atoms in total. The summed E-state index contributed by atoms with van der Waals surface area (Å²) in [6.07, 6.45) is -4.29. The Morgan fingerprint density at radius 2 is 1.64 bits per heavy atom. The van der Waals surface area contributed by atoms with E-state index in [1.54, 1.807) is 0 Å². The van der Waals surface area contributed by atoms with Crippen LogP contribution in [0.4, 0.5) is 13.2 Å². The number of alkyl halides is 3. The van der Waals surface area contributed by atoms with E-state index in [4.69, 9.17) is 11.6 Å². The van der Waals surface area contributed by atoms with E-state index < -0.39 is 17.7 Å². The lowest BCUT2D eigenvalue weighted by Gasteiger charge is -2.15. The topological polar surface area (TPSA) is 0 Å². The summed E-state index contributed by atoms with van der Waals surface area (Å²) in [5.41, 5.74) is -0.640. The minimum Gasteiger partial charge on any atom is -0.166 e. The normalized spacial score (nSPS) is 15.3.